The first-order valence-corrected chi connectivity index (χ1v) is 10.9. The summed E-state index contributed by atoms with van der Waals surface area (Å²) in [5.74, 6) is -8.85. The molecular weight excluding hydrogens is 474 g/mol. The molecule has 0 radical (unpaired) electrons. The van der Waals surface area contributed by atoms with E-state index in [0.29, 0.717) is 12.6 Å². The quantitative estimate of drug-likeness (QED) is 0.221. The predicted octanol–water partition coefficient (Wildman–Crippen LogP) is 0.843. The summed E-state index contributed by atoms with van der Waals surface area (Å²) < 4.78 is 0. The maximum Gasteiger partial charge on any atom is 0.348 e. The Bertz CT molecular complexity index is 1040. The fraction of sp³-hybridized carbons (Fsp3) is 0.320. The average molecular weight is 501 g/mol. The Morgan fingerprint density at radius 2 is 1.11 bits per heavy atom. The maximum absolute atomic E-state index is 12.6. The van der Waals surface area contributed by atoms with Gasteiger partial charge in [-0.2, -0.15) is 0 Å². The van der Waals surface area contributed by atoms with Gasteiger partial charge in [-0.1, -0.05) is 60.7 Å². The molecule has 192 valence electrons. The molecule has 4 unspecified atom stereocenters. The number of aliphatic hydroxyl groups is 2. The van der Waals surface area contributed by atoms with E-state index in [1.807, 2.05) is 0 Å². The molecule has 11 heteroatoms. The number of Topliss-reactive ketones (excluding diaryl/α,β-unsaturated/α-hetero) is 2. The van der Waals surface area contributed by atoms with Crippen molar-refractivity contribution in [1.29, 1.82) is 0 Å². The van der Waals surface area contributed by atoms with Crippen LogP contribution < -0.4 is 5.32 Å². The third kappa shape index (κ3) is 5.65. The molecule has 1 fully saturated rings. The number of hydrogen-bond acceptors (Lipinski definition) is 8. The number of carbonyl (C=O) groups excluding carboxylic acids is 2. The molecule has 0 bridgehead atoms. The molecule has 0 aliphatic carbocycles. The standard InChI is InChI=1S/C18H14O8.C7H13NO2/c19-13(11-7-3-1-4-8-11)17(25,15(21)22)18(26,16(23)24)14(20)12-9-5-2-6-10-12;1-5-2-3-6(4-8-5)7(9)10/h1-10,25-26H,(H,21,22)(H,23,24);5-6,8H,2-4H2,1H3,(H,9,10). The lowest BCUT2D eigenvalue weighted by Gasteiger charge is -2.34. The van der Waals surface area contributed by atoms with Crippen LogP contribution in [0, 0.1) is 5.92 Å². The number of carboxylic acids is 3. The highest BCUT2D eigenvalue weighted by Crippen LogP contribution is 2.31. The summed E-state index contributed by atoms with van der Waals surface area (Å²) in [6.07, 6.45) is 1.81. The zero-order chi connectivity index (χ0) is 27.1. The number of rotatable bonds is 8. The molecule has 3 rings (SSSR count). The van der Waals surface area contributed by atoms with Crippen molar-refractivity contribution in [2.75, 3.05) is 6.54 Å². The van der Waals surface area contributed by atoms with Crippen molar-refractivity contribution in [3.05, 3.63) is 71.8 Å². The number of carbonyl (C=O) groups is 5. The molecule has 2 aromatic carbocycles. The molecule has 1 aliphatic rings. The molecule has 1 saturated heterocycles. The third-order valence-electron chi connectivity index (χ3n) is 5.88. The first-order chi connectivity index (χ1) is 16.9. The molecular formula is C25H27NO10. The Kier molecular flexibility index (Phi) is 9.17. The van der Waals surface area contributed by atoms with Crippen molar-refractivity contribution in [1.82, 2.24) is 5.32 Å². The van der Waals surface area contributed by atoms with Gasteiger partial charge in [-0.15, -0.1) is 0 Å². The number of piperidine rings is 1. The molecule has 2 aromatic rings. The first kappa shape index (κ1) is 28.3. The number of benzene rings is 2. The highest BCUT2D eigenvalue weighted by atomic mass is 16.5. The molecule has 0 amide bonds. The zero-order valence-electron chi connectivity index (χ0n) is 19.3. The lowest BCUT2D eigenvalue weighted by molar-refractivity contribution is -0.187. The van der Waals surface area contributed by atoms with Gasteiger partial charge in [-0.3, -0.25) is 14.4 Å². The maximum atomic E-state index is 12.6. The van der Waals surface area contributed by atoms with Crippen LogP contribution in [0.25, 0.3) is 0 Å². The first-order valence-electron chi connectivity index (χ1n) is 10.9. The average Bonchev–Trinajstić information content (AvgIpc) is 2.88. The van der Waals surface area contributed by atoms with Crippen LogP contribution in [0.2, 0.25) is 0 Å². The van der Waals surface area contributed by atoms with Gasteiger partial charge in [-0.05, 0) is 19.8 Å². The van der Waals surface area contributed by atoms with Gasteiger partial charge < -0.3 is 30.8 Å². The molecule has 6 N–H and O–H groups in total. The van der Waals surface area contributed by atoms with E-state index in [0.717, 1.165) is 37.1 Å². The Morgan fingerprint density at radius 1 is 0.722 bits per heavy atom. The lowest BCUT2D eigenvalue weighted by atomic mass is 9.73. The fourth-order valence-corrected chi connectivity index (χ4v) is 3.64. The van der Waals surface area contributed by atoms with Crippen LogP contribution in [0.3, 0.4) is 0 Å². The van der Waals surface area contributed by atoms with Crippen LogP contribution >= 0.6 is 0 Å². The van der Waals surface area contributed by atoms with Crippen LogP contribution in [-0.4, -0.2) is 78.8 Å². The second kappa shape index (κ2) is 11.7. The summed E-state index contributed by atoms with van der Waals surface area (Å²) in [5, 5.41) is 51.6. The van der Waals surface area contributed by atoms with E-state index in [1.54, 1.807) is 0 Å². The minimum Gasteiger partial charge on any atom is -0.481 e. The number of carboxylic acid groups (broad SMARTS) is 3. The van der Waals surface area contributed by atoms with Crippen molar-refractivity contribution in [3.8, 4) is 0 Å². The van der Waals surface area contributed by atoms with Crippen molar-refractivity contribution < 1.29 is 49.5 Å². The van der Waals surface area contributed by atoms with Crippen LogP contribution in [0.5, 0.6) is 0 Å². The monoisotopic (exact) mass is 501 g/mol. The van der Waals surface area contributed by atoms with E-state index >= 15 is 0 Å². The second-order valence-corrected chi connectivity index (χ2v) is 8.34. The van der Waals surface area contributed by atoms with Gasteiger partial charge in [0.15, 0.2) is 0 Å². The number of nitrogens with one attached hydrogen (secondary N) is 1. The van der Waals surface area contributed by atoms with E-state index in [-0.39, 0.29) is 5.92 Å². The molecule has 1 aliphatic heterocycles. The van der Waals surface area contributed by atoms with Crippen LogP contribution in [0.15, 0.2) is 60.7 Å². The summed E-state index contributed by atoms with van der Waals surface area (Å²) in [4.78, 5) is 59.0. The number of aliphatic carboxylic acids is 3. The largest absolute Gasteiger partial charge is 0.481 e. The van der Waals surface area contributed by atoms with Crippen molar-refractivity contribution >= 4 is 29.5 Å². The van der Waals surface area contributed by atoms with Gasteiger partial charge in [0.1, 0.15) is 0 Å². The summed E-state index contributed by atoms with van der Waals surface area (Å²) in [5.41, 5.74) is -8.68. The minimum atomic E-state index is -3.95. The fourth-order valence-electron chi connectivity index (χ4n) is 3.64. The normalized spacial score (nSPS) is 20.4. The Balaban J connectivity index is 0.000000380. The molecule has 0 spiro atoms. The van der Waals surface area contributed by atoms with E-state index in [9.17, 15) is 44.4 Å². The van der Waals surface area contributed by atoms with E-state index in [2.05, 4.69) is 12.2 Å². The summed E-state index contributed by atoms with van der Waals surface area (Å²) in [7, 11) is 0. The zero-order valence-corrected chi connectivity index (χ0v) is 19.3. The molecule has 36 heavy (non-hydrogen) atoms. The SMILES string of the molecule is CC1CCC(C(=O)O)CN1.O=C(O)C(O)(C(=O)c1ccccc1)C(O)(C(=O)O)C(=O)c1ccccc1. The van der Waals surface area contributed by atoms with Gasteiger partial charge in [0.25, 0.3) is 11.2 Å². The smallest absolute Gasteiger partial charge is 0.348 e. The highest BCUT2D eigenvalue weighted by molar-refractivity contribution is 6.28. The highest BCUT2D eigenvalue weighted by Gasteiger charge is 2.69. The summed E-state index contributed by atoms with van der Waals surface area (Å²) in [6.45, 7) is 2.72. The molecule has 0 saturated carbocycles. The van der Waals surface area contributed by atoms with Crippen molar-refractivity contribution in [2.45, 2.75) is 37.0 Å². The molecule has 11 nitrogen and oxygen atoms in total. The minimum absolute atomic E-state index is 0.156. The van der Waals surface area contributed by atoms with Crippen LogP contribution in [0.4, 0.5) is 0 Å². The Labute approximate surface area is 206 Å². The van der Waals surface area contributed by atoms with E-state index < -0.39 is 51.8 Å². The van der Waals surface area contributed by atoms with Crippen LogP contribution in [0.1, 0.15) is 40.5 Å². The van der Waals surface area contributed by atoms with Crippen LogP contribution in [-0.2, 0) is 14.4 Å². The molecule has 1 heterocycles. The van der Waals surface area contributed by atoms with E-state index in [4.69, 9.17) is 5.11 Å². The Morgan fingerprint density at radius 3 is 1.39 bits per heavy atom. The van der Waals surface area contributed by atoms with Gasteiger partial charge in [0, 0.05) is 23.7 Å². The third-order valence-corrected chi connectivity index (χ3v) is 5.88. The summed E-state index contributed by atoms with van der Waals surface area (Å²) in [6, 6.07) is 13.3. The lowest BCUT2D eigenvalue weighted by Crippen LogP contribution is -2.71. The molecule has 4 atom stereocenters. The van der Waals surface area contributed by atoms with Gasteiger partial charge in [0.2, 0.25) is 11.6 Å². The topological polar surface area (TPSA) is 199 Å². The Hall–Kier alpha value is -3.93. The van der Waals surface area contributed by atoms with Gasteiger partial charge in [0.05, 0.1) is 5.92 Å². The van der Waals surface area contributed by atoms with Gasteiger partial charge in [-0.25, -0.2) is 9.59 Å². The van der Waals surface area contributed by atoms with Crippen molar-refractivity contribution in [3.63, 3.8) is 0 Å². The van der Waals surface area contributed by atoms with E-state index in [1.165, 1.54) is 36.4 Å². The van der Waals surface area contributed by atoms with Crippen molar-refractivity contribution in [2.24, 2.45) is 5.92 Å². The number of ketones is 2. The second-order valence-electron chi connectivity index (χ2n) is 8.34. The predicted molar refractivity (Wildman–Crippen MR) is 125 cm³/mol. The van der Waals surface area contributed by atoms with Gasteiger partial charge >= 0.3 is 17.9 Å². The summed E-state index contributed by atoms with van der Waals surface area (Å²) >= 11 is 0. The molecule has 0 aromatic heterocycles. The number of hydrogen-bond donors (Lipinski definition) is 6.